The van der Waals surface area contributed by atoms with Crippen molar-refractivity contribution in [3.63, 3.8) is 0 Å². The lowest BCUT2D eigenvalue weighted by atomic mass is 10.0. The van der Waals surface area contributed by atoms with Gasteiger partial charge in [-0.05, 0) is 32.1 Å². The van der Waals surface area contributed by atoms with Crippen molar-refractivity contribution in [2.24, 2.45) is 17.8 Å². The highest BCUT2D eigenvalue weighted by Crippen LogP contribution is 2.21. The van der Waals surface area contributed by atoms with Crippen molar-refractivity contribution < 1.29 is 34.2 Å². The van der Waals surface area contributed by atoms with E-state index in [1.165, 1.54) is 19.3 Å². The third-order valence-electron chi connectivity index (χ3n) is 7.00. The highest BCUT2D eigenvalue weighted by Gasteiger charge is 2.31. The second-order valence-electron chi connectivity index (χ2n) is 10.1. The van der Waals surface area contributed by atoms with Gasteiger partial charge in [-0.15, -0.1) is 0 Å². The van der Waals surface area contributed by atoms with Gasteiger partial charge in [0.2, 0.25) is 0 Å². The van der Waals surface area contributed by atoms with Gasteiger partial charge in [-0.1, -0.05) is 59.1 Å². The minimum absolute atomic E-state index is 0.480. The fourth-order valence-corrected chi connectivity index (χ4v) is 4.09. The topological polar surface area (TPSA) is 112 Å². The van der Waals surface area contributed by atoms with Gasteiger partial charge in [-0.25, -0.2) is 0 Å². The van der Waals surface area contributed by atoms with Crippen molar-refractivity contribution >= 4 is 17.9 Å². The minimum atomic E-state index is -0.830. The van der Waals surface area contributed by atoms with E-state index in [0.717, 1.165) is 38.6 Å². The van der Waals surface area contributed by atoms with Gasteiger partial charge >= 0.3 is 17.9 Å². The molecular formula is C27H50NO6+. The third kappa shape index (κ3) is 15.1. The monoisotopic (exact) mass is 484 g/mol. The normalized spacial score (nSPS) is 16.1. The molecule has 7 heteroatoms. The summed E-state index contributed by atoms with van der Waals surface area (Å²) in [7, 11) is 0. The number of allylic oxidation sites excluding steroid dienone is 2. The predicted molar refractivity (Wildman–Crippen MR) is 136 cm³/mol. The average molecular weight is 485 g/mol. The first-order valence-electron chi connectivity index (χ1n) is 13.2. The van der Waals surface area contributed by atoms with Crippen LogP contribution in [0.15, 0.2) is 12.2 Å². The van der Waals surface area contributed by atoms with Crippen LogP contribution in [0, 0.1) is 17.8 Å². The fraction of sp³-hybridized carbons (Fsp3) is 0.815. The molecule has 0 aliphatic heterocycles. The van der Waals surface area contributed by atoms with Crippen LogP contribution < -0.4 is 0 Å². The van der Waals surface area contributed by atoms with Crippen LogP contribution in [0.2, 0.25) is 0 Å². The number of aliphatic carboxylic acids is 3. The second-order valence-corrected chi connectivity index (χ2v) is 10.1. The van der Waals surface area contributed by atoms with Crippen LogP contribution in [-0.2, 0) is 14.4 Å². The van der Waals surface area contributed by atoms with Crippen LogP contribution in [0.3, 0.4) is 0 Å². The fourth-order valence-electron chi connectivity index (χ4n) is 4.09. The highest BCUT2D eigenvalue weighted by atomic mass is 16.4. The van der Waals surface area contributed by atoms with Crippen molar-refractivity contribution in [3.8, 4) is 0 Å². The van der Waals surface area contributed by atoms with Gasteiger partial charge in [-0.3, -0.25) is 14.4 Å². The smallest absolute Gasteiger partial charge is 0.306 e. The molecule has 3 unspecified atom stereocenters. The Morgan fingerprint density at radius 2 is 1.00 bits per heavy atom. The molecule has 0 rings (SSSR count). The lowest BCUT2D eigenvalue weighted by molar-refractivity contribution is -0.929. The summed E-state index contributed by atoms with van der Waals surface area (Å²) in [5.74, 6) is -3.93. The van der Waals surface area contributed by atoms with Crippen LogP contribution >= 0.6 is 0 Å². The molecule has 3 atom stereocenters. The molecule has 0 amide bonds. The van der Waals surface area contributed by atoms with Crippen LogP contribution in [-0.4, -0.2) is 63.9 Å². The van der Waals surface area contributed by atoms with Gasteiger partial charge < -0.3 is 19.8 Å². The molecule has 0 aromatic rings. The summed E-state index contributed by atoms with van der Waals surface area (Å²) in [6.45, 7) is 10.0. The molecule has 34 heavy (non-hydrogen) atoms. The van der Waals surface area contributed by atoms with Crippen molar-refractivity contribution in [2.45, 2.75) is 98.3 Å². The Bertz CT molecular complexity index is 558. The van der Waals surface area contributed by atoms with E-state index >= 15 is 0 Å². The minimum Gasteiger partial charge on any atom is -0.481 e. The zero-order valence-electron chi connectivity index (χ0n) is 22.0. The first-order valence-corrected chi connectivity index (χ1v) is 13.2. The summed E-state index contributed by atoms with van der Waals surface area (Å²) in [5, 5.41) is 28.1. The van der Waals surface area contributed by atoms with Gasteiger partial charge in [0.25, 0.3) is 0 Å². The number of hydrogen-bond donors (Lipinski definition) is 3. The van der Waals surface area contributed by atoms with E-state index in [-0.39, 0.29) is 0 Å². The van der Waals surface area contributed by atoms with Gasteiger partial charge in [0, 0.05) is 19.3 Å². The summed E-state index contributed by atoms with van der Waals surface area (Å²) in [6, 6.07) is 0. The third-order valence-corrected chi connectivity index (χ3v) is 7.00. The lowest BCUT2D eigenvalue weighted by Crippen LogP contribution is -2.52. The molecule has 0 saturated carbocycles. The lowest BCUT2D eigenvalue weighted by Gasteiger charge is -2.40. The molecule has 0 heterocycles. The largest absolute Gasteiger partial charge is 0.481 e. The molecule has 0 spiro atoms. The van der Waals surface area contributed by atoms with E-state index in [9.17, 15) is 29.7 Å². The number of quaternary nitrogens is 1. The molecule has 0 radical (unpaired) electrons. The molecule has 0 fully saturated rings. The summed E-state index contributed by atoms with van der Waals surface area (Å²) >= 11 is 0. The standard InChI is InChI=1S/C27H49NO6/c1-5-6-7-8-9-10-11-12-13-14-18-28(19-15-22(2)25(29)30,20-16-23(3)26(31)32)21-17-24(4)27(33)34/h7-8,22-24H,5-6,9-21H2,1-4H3,(H2-,29,30,31,32,33,34)/p+1/b8-7+. The molecule has 0 aromatic carbocycles. The Hall–Kier alpha value is -1.89. The van der Waals surface area contributed by atoms with Crippen LogP contribution in [0.5, 0.6) is 0 Å². The Balaban J connectivity index is 5.10. The van der Waals surface area contributed by atoms with Gasteiger partial charge in [-0.2, -0.15) is 0 Å². The van der Waals surface area contributed by atoms with Crippen LogP contribution in [0.1, 0.15) is 98.3 Å². The number of carboxylic acids is 3. The Kier molecular flexibility index (Phi) is 17.4. The van der Waals surface area contributed by atoms with Crippen LogP contribution in [0.4, 0.5) is 0 Å². The van der Waals surface area contributed by atoms with E-state index in [1.807, 2.05) is 0 Å². The Labute approximate surface area is 206 Å². The van der Waals surface area contributed by atoms with Crippen molar-refractivity contribution in [2.75, 3.05) is 26.2 Å². The first-order chi connectivity index (χ1) is 16.0. The molecule has 0 aliphatic rings. The van der Waals surface area contributed by atoms with E-state index in [4.69, 9.17) is 0 Å². The number of unbranched alkanes of at least 4 members (excludes halogenated alkanes) is 6. The van der Waals surface area contributed by atoms with E-state index < -0.39 is 35.7 Å². The zero-order valence-corrected chi connectivity index (χ0v) is 22.0. The molecule has 7 nitrogen and oxygen atoms in total. The van der Waals surface area contributed by atoms with Crippen LogP contribution in [0.25, 0.3) is 0 Å². The summed E-state index contributed by atoms with van der Waals surface area (Å²) in [5.41, 5.74) is 0. The number of carbonyl (C=O) groups is 3. The second kappa shape index (κ2) is 18.4. The van der Waals surface area contributed by atoms with Gasteiger partial charge in [0.1, 0.15) is 0 Å². The molecule has 0 aromatic heterocycles. The number of nitrogens with zero attached hydrogens (tertiary/aromatic N) is 1. The van der Waals surface area contributed by atoms with E-state index in [0.29, 0.717) is 43.4 Å². The number of carboxylic acid groups (broad SMARTS) is 3. The van der Waals surface area contributed by atoms with Gasteiger partial charge in [0.15, 0.2) is 0 Å². The first kappa shape index (κ1) is 32.1. The van der Waals surface area contributed by atoms with Crippen molar-refractivity contribution in [1.82, 2.24) is 0 Å². The molecule has 0 bridgehead atoms. The van der Waals surface area contributed by atoms with Gasteiger partial charge in [0.05, 0.1) is 43.9 Å². The maximum atomic E-state index is 11.4. The predicted octanol–water partition coefficient (Wildman–Crippen LogP) is 5.83. The molecule has 3 N–H and O–H groups in total. The van der Waals surface area contributed by atoms with Crippen molar-refractivity contribution in [3.05, 3.63) is 12.2 Å². The molecule has 198 valence electrons. The summed E-state index contributed by atoms with van der Waals surface area (Å²) in [4.78, 5) is 34.2. The summed E-state index contributed by atoms with van der Waals surface area (Å²) < 4.78 is 0.604. The highest BCUT2D eigenvalue weighted by molar-refractivity contribution is 5.70. The van der Waals surface area contributed by atoms with Crippen molar-refractivity contribution in [1.29, 1.82) is 0 Å². The molecule has 0 aliphatic carbocycles. The molecule has 0 saturated heterocycles. The number of rotatable bonds is 22. The maximum Gasteiger partial charge on any atom is 0.306 e. The SMILES string of the molecule is CCC/C=C/CCCCCCC[N+](CCC(C)C(=O)O)(CCC(C)C(=O)O)CCC(C)C(=O)O. The average Bonchev–Trinajstić information content (AvgIpc) is 2.79. The Morgan fingerprint density at radius 1 is 0.618 bits per heavy atom. The van der Waals surface area contributed by atoms with E-state index in [2.05, 4.69) is 19.1 Å². The quantitative estimate of drug-likeness (QED) is 0.101. The zero-order chi connectivity index (χ0) is 26.0. The Morgan fingerprint density at radius 3 is 1.41 bits per heavy atom. The summed E-state index contributed by atoms with van der Waals surface area (Å²) in [6.07, 6.45) is 15.0. The molecular weight excluding hydrogens is 434 g/mol. The van der Waals surface area contributed by atoms with E-state index in [1.54, 1.807) is 20.8 Å². The number of hydrogen-bond acceptors (Lipinski definition) is 3. The maximum absolute atomic E-state index is 11.4.